The average molecular weight is 825 g/mol. The first-order valence-corrected chi connectivity index (χ1v) is 27.9. The highest BCUT2D eigenvalue weighted by atomic mass is 28.4. The summed E-state index contributed by atoms with van der Waals surface area (Å²) in [6.45, 7) is 13.3. The molecule has 0 radical (unpaired) electrons. The van der Waals surface area contributed by atoms with Gasteiger partial charge < -0.3 is 9.59 Å². The van der Waals surface area contributed by atoms with Crippen LogP contribution in [0.3, 0.4) is 0 Å². The van der Waals surface area contributed by atoms with Crippen LogP contribution in [0.2, 0.25) is 13.1 Å². The van der Waals surface area contributed by atoms with Crippen LogP contribution in [-0.4, -0.2) is 26.2 Å². The average Bonchev–Trinajstić information content (AvgIpc) is 3.27. The molecule has 2 unspecified atom stereocenters. The standard InChI is InChI=1S/C56H64O2Si2/c1-7-11-15-39-19-27-43(28-20-39)51-47-35-37-50-54-48(36-38-49(53(47)54)59(5,57)55(51)45-31-23-41(24-32-45)17-13-9-3)52(44-29-21-40(22-30-44)16-12-8-2)56(60(50,6)58)46-33-25-42(26-34-46)18-14-10-4/h19-38,57-58H,7-18H2,1-6H3. The van der Waals surface area contributed by atoms with Gasteiger partial charge in [-0.05, 0) is 163 Å². The van der Waals surface area contributed by atoms with Crippen LogP contribution in [0.15, 0.2) is 121 Å². The minimum Gasteiger partial charge on any atom is -0.424 e. The van der Waals surface area contributed by atoms with E-state index in [4.69, 9.17) is 0 Å². The molecule has 0 aliphatic carbocycles. The molecule has 2 aliphatic heterocycles. The minimum absolute atomic E-state index is 1.04. The molecule has 0 saturated carbocycles. The summed E-state index contributed by atoms with van der Waals surface area (Å²) in [5, 5.41) is 6.46. The molecule has 8 rings (SSSR count). The highest BCUT2D eigenvalue weighted by molar-refractivity contribution is 7.05. The van der Waals surface area contributed by atoms with Crippen LogP contribution in [-0.2, 0) is 25.7 Å². The maximum atomic E-state index is 13.4. The van der Waals surface area contributed by atoms with E-state index in [9.17, 15) is 9.59 Å². The van der Waals surface area contributed by atoms with Crippen LogP contribution >= 0.6 is 0 Å². The largest absolute Gasteiger partial charge is 0.424 e. The van der Waals surface area contributed by atoms with Crippen LogP contribution in [0.1, 0.15) is 135 Å². The first-order chi connectivity index (χ1) is 29.1. The lowest BCUT2D eigenvalue weighted by molar-refractivity contribution is 0.576. The van der Waals surface area contributed by atoms with Gasteiger partial charge in [-0.25, -0.2) is 0 Å². The van der Waals surface area contributed by atoms with Gasteiger partial charge >= 0.3 is 0 Å². The number of hydrogen-bond donors (Lipinski definition) is 2. The first-order valence-electron chi connectivity index (χ1n) is 23.0. The second-order valence-corrected chi connectivity index (χ2v) is 24.3. The fourth-order valence-corrected chi connectivity index (χ4v) is 15.9. The molecule has 2 atom stereocenters. The summed E-state index contributed by atoms with van der Waals surface area (Å²) in [7, 11) is -6.68. The fourth-order valence-electron chi connectivity index (χ4n) is 10.1. The van der Waals surface area contributed by atoms with Crippen molar-refractivity contribution in [1.29, 1.82) is 0 Å². The zero-order valence-corrected chi connectivity index (χ0v) is 38.9. The van der Waals surface area contributed by atoms with Crippen molar-refractivity contribution < 1.29 is 9.59 Å². The van der Waals surface area contributed by atoms with Crippen LogP contribution in [0.25, 0.3) is 32.3 Å². The molecule has 2 heterocycles. The molecule has 0 bridgehead atoms. The Morgan fingerprint density at radius 1 is 0.350 bits per heavy atom. The Kier molecular flexibility index (Phi) is 12.5. The topological polar surface area (TPSA) is 40.5 Å². The summed E-state index contributed by atoms with van der Waals surface area (Å²) in [6.07, 6.45) is 13.6. The second-order valence-electron chi connectivity index (χ2n) is 17.9. The van der Waals surface area contributed by atoms with Crippen molar-refractivity contribution >= 4 is 59.3 Å². The zero-order chi connectivity index (χ0) is 42.0. The third-order valence-electron chi connectivity index (χ3n) is 13.5. The Hall–Kier alpha value is -4.59. The fraction of sp³-hybridized carbons (Fsp3) is 0.321. The minimum atomic E-state index is -3.34. The molecule has 0 aromatic heterocycles. The molecule has 0 spiro atoms. The van der Waals surface area contributed by atoms with Crippen molar-refractivity contribution in [2.24, 2.45) is 0 Å². The molecule has 0 amide bonds. The Balaban J connectivity index is 1.40. The summed E-state index contributed by atoms with van der Waals surface area (Å²) < 4.78 is 0. The van der Waals surface area contributed by atoms with Crippen molar-refractivity contribution in [3.05, 3.63) is 177 Å². The van der Waals surface area contributed by atoms with E-state index < -0.39 is 16.6 Å². The summed E-state index contributed by atoms with van der Waals surface area (Å²) >= 11 is 0. The molecular weight excluding hydrogens is 761 g/mol. The van der Waals surface area contributed by atoms with Crippen molar-refractivity contribution in [1.82, 2.24) is 0 Å². The van der Waals surface area contributed by atoms with Crippen molar-refractivity contribution in [2.75, 3.05) is 0 Å². The Morgan fingerprint density at radius 3 is 0.883 bits per heavy atom. The summed E-state index contributed by atoms with van der Waals surface area (Å²) in [5.41, 5.74) is 14.4. The van der Waals surface area contributed by atoms with Crippen molar-refractivity contribution in [2.45, 2.75) is 118 Å². The van der Waals surface area contributed by atoms with E-state index in [0.717, 1.165) is 102 Å². The van der Waals surface area contributed by atoms with E-state index >= 15 is 0 Å². The lowest BCUT2D eigenvalue weighted by Gasteiger charge is -2.39. The molecular formula is C56H64O2Si2. The van der Waals surface area contributed by atoms with Gasteiger partial charge in [0.05, 0.1) is 0 Å². The molecule has 6 aromatic carbocycles. The van der Waals surface area contributed by atoms with E-state index in [2.05, 4.69) is 162 Å². The van der Waals surface area contributed by atoms with E-state index in [1.165, 1.54) is 73.6 Å². The molecule has 4 heteroatoms. The van der Waals surface area contributed by atoms with E-state index in [1.54, 1.807) is 0 Å². The first kappa shape index (κ1) is 42.1. The quantitative estimate of drug-likeness (QED) is 0.0955. The van der Waals surface area contributed by atoms with Gasteiger partial charge in [-0.1, -0.05) is 175 Å². The predicted octanol–water partition coefficient (Wildman–Crippen LogP) is 12.8. The van der Waals surface area contributed by atoms with Gasteiger partial charge in [0.15, 0.2) is 0 Å². The van der Waals surface area contributed by atoms with Gasteiger partial charge in [0, 0.05) is 0 Å². The monoisotopic (exact) mass is 824 g/mol. The Bertz CT molecular complexity index is 2360. The molecule has 2 nitrogen and oxygen atoms in total. The molecule has 0 saturated heterocycles. The van der Waals surface area contributed by atoms with Crippen LogP contribution in [0.4, 0.5) is 0 Å². The van der Waals surface area contributed by atoms with Crippen LogP contribution in [0.5, 0.6) is 0 Å². The second kappa shape index (κ2) is 17.8. The van der Waals surface area contributed by atoms with Gasteiger partial charge in [0.25, 0.3) is 16.6 Å². The predicted molar refractivity (Wildman–Crippen MR) is 263 cm³/mol. The number of benzene rings is 6. The zero-order valence-electron chi connectivity index (χ0n) is 36.9. The third kappa shape index (κ3) is 7.77. The highest BCUT2D eigenvalue weighted by Crippen LogP contribution is 2.49. The molecule has 2 aliphatic rings. The highest BCUT2D eigenvalue weighted by Gasteiger charge is 2.47. The third-order valence-corrected chi connectivity index (χ3v) is 19.4. The maximum absolute atomic E-state index is 13.4. The van der Waals surface area contributed by atoms with Gasteiger partial charge in [0.2, 0.25) is 0 Å². The van der Waals surface area contributed by atoms with Gasteiger partial charge in [-0.2, -0.15) is 0 Å². The van der Waals surface area contributed by atoms with Crippen LogP contribution < -0.4 is 10.4 Å². The molecule has 308 valence electrons. The van der Waals surface area contributed by atoms with Crippen molar-refractivity contribution in [3.8, 4) is 0 Å². The Labute approximate surface area is 362 Å². The number of rotatable bonds is 16. The van der Waals surface area contributed by atoms with Crippen LogP contribution in [0, 0.1) is 0 Å². The van der Waals surface area contributed by atoms with E-state index in [0.29, 0.717) is 0 Å². The summed E-state index contributed by atoms with van der Waals surface area (Å²) in [5.74, 6) is 0. The molecule has 6 aromatic rings. The van der Waals surface area contributed by atoms with Gasteiger partial charge in [-0.15, -0.1) is 0 Å². The lowest BCUT2D eigenvalue weighted by Crippen LogP contribution is -2.53. The molecule has 2 N–H and O–H groups in total. The number of aryl methyl sites for hydroxylation is 4. The maximum Gasteiger partial charge on any atom is 0.251 e. The Morgan fingerprint density at radius 2 is 0.617 bits per heavy atom. The normalized spacial score (nSPS) is 18.5. The van der Waals surface area contributed by atoms with Crippen molar-refractivity contribution in [3.63, 3.8) is 0 Å². The summed E-state index contributed by atoms with van der Waals surface area (Å²) in [4.78, 5) is 26.8. The molecule has 0 fully saturated rings. The smallest absolute Gasteiger partial charge is 0.251 e. The lowest BCUT2D eigenvalue weighted by atomic mass is 9.85. The van der Waals surface area contributed by atoms with Gasteiger partial charge in [-0.3, -0.25) is 0 Å². The van der Waals surface area contributed by atoms with E-state index in [1.807, 2.05) is 0 Å². The SMILES string of the molecule is CCCCc1ccc(C2=C(c3ccc(CCCC)cc3)[Si](C)(O)c3ccc4c5c(ccc2c35)[Si](C)(O)C(c2ccc(CCCC)cc2)=C4c2ccc(CCCC)cc2)cc1. The number of unbranched alkanes of at least 4 members (excludes halogenated alkanes) is 4. The van der Waals surface area contributed by atoms with E-state index in [-0.39, 0.29) is 0 Å². The molecule has 60 heavy (non-hydrogen) atoms. The number of hydrogen-bond acceptors (Lipinski definition) is 2. The summed E-state index contributed by atoms with van der Waals surface area (Å²) in [6, 6.07) is 45.5. The van der Waals surface area contributed by atoms with Gasteiger partial charge in [0.1, 0.15) is 0 Å².